The van der Waals surface area contributed by atoms with Crippen LogP contribution in [0.3, 0.4) is 0 Å². The second kappa shape index (κ2) is 10.3. The number of nitrogens with one attached hydrogen (secondary N) is 2. The lowest BCUT2D eigenvalue weighted by Gasteiger charge is -2.19. The summed E-state index contributed by atoms with van der Waals surface area (Å²) in [4.78, 5) is 15.0. The first kappa shape index (κ1) is 28.0. The van der Waals surface area contributed by atoms with E-state index in [2.05, 4.69) is 9.71 Å². The Labute approximate surface area is 224 Å². The number of fused-ring (bicyclic) bond motifs is 1. The van der Waals surface area contributed by atoms with Crippen molar-refractivity contribution in [2.45, 2.75) is 44.2 Å². The minimum Gasteiger partial charge on any atom is -0.434 e. The van der Waals surface area contributed by atoms with E-state index in [9.17, 15) is 26.4 Å². The molecule has 0 fully saturated rings. The summed E-state index contributed by atoms with van der Waals surface area (Å²) in [5.41, 5.74) is 0.726. The second-order valence-corrected chi connectivity index (χ2v) is 11.5. The molecule has 11 heteroatoms. The first-order valence-electron chi connectivity index (χ1n) is 12.0. The van der Waals surface area contributed by atoms with Crippen LogP contribution < -0.4 is 9.46 Å². The lowest BCUT2D eigenvalue weighted by atomic mass is 9.87. The molecule has 4 aromatic rings. The third kappa shape index (κ3) is 6.19. The summed E-state index contributed by atoms with van der Waals surface area (Å²) in [6.07, 6.45) is -5.65. The van der Waals surface area contributed by atoms with E-state index in [0.717, 1.165) is 17.7 Å². The van der Waals surface area contributed by atoms with Gasteiger partial charge in [0.05, 0.1) is 22.6 Å². The van der Waals surface area contributed by atoms with Crippen molar-refractivity contribution in [1.29, 1.82) is 0 Å². The van der Waals surface area contributed by atoms with Crippen LogP contribution in [0.2, 0.25) is 0 Å². The Bertz CT molecular complexity index is 1620. The number of ether oxygens (including phenoxy) is 2. The van der Waals surface area contributed by atoms with Crippen LogP contribution in [0.1, 0.15) is 38.8 Å². The fraction of sp³-hybridized carbons (Fsp3) is 0.250. The summed E-state index contributed by atoms with van der Waals surface area (Å²) in [5, 5.41) is 0.330. The molecule has 0 aliphatic rings. The van der Waals surface area contributed by atoms with E-state index < -0.39 is 27.9 Å². The maximum atomic E-state index is 13.4. The van der Waals surface area contributed by atoms with Crippen molar-refractivity contribution < 1.29 is 35.9 Å². The molecule has 0 saturated heterocycles. The van der Waals surface area contributed by atoms with E-state index in [1.54, 1.807) is 19.1 Å². The maximum Gasteiger partial charge on any atom is 0.515 e. The molecule has 0 radical (unpaired) electrons. The fourth-order valence-corrected chi connectivity index (χ4v) is 5.07. The van der Waals surface area contributed by atoms with Gasteiger partial charge in [-0.3, -0.25) is 4.72 Å². The minimum atomic E-state index is -4.60. The first-order chi connectivity index (χ1) is 18.2. The lowest BCUT2D eigenvalue weighted by Crippen LogP contribution is -2.14. The highest BCUT2D eigenvalue weighted by molar-refractivity contribution is 7.92. The van der Waals surface area contributed by atoms with E-state index in [-0.39, 0.29) is 39.6 Å². The molecule has 0 aliphatic carbocycles. The molecule has 39 heavy (non-hydrogen) atoms. The largest absolute Gasteiger partial charge is 0.515 e. The van der Waals surface area contributed by atoms with Gasteiger partial charge in [0, 0.05) is 16.6 Å². The maximum absolute atomic E-state index is 13.4. The van der Waals surface area contributed by atoms with Gasteiger partial charge in [-0.25, -0.2) is 13.2 Å². The van der Waals surface area contributed by atoms with Gasteiger partial charge in [-0.2, -0.15) is 13.2 Å². The molecule has 2 N–H and O–H groups in total. The number of benzene rings is 3. The number of anilines is 1. The van der Waals surface area contributed by atoms with Crippen LogP contribution in [0.25, 0.3) is 22.0 Å². The van der Waals surface area contributed by atoms with Crippen molar-refractivity contribution in [2.75, 3.05) is 11.3 Å². The normalized spacial score (nSPS) is 12.4. The number of H-pyrrole nitrogens is 1. The molecule has 0 bridgehead atoms. The zero-order valence-electron chi connectivity index (χ0n) is 21.6. The molecule has 0 aliphatic heterocycles. The predicted octanol–water partition coefficient (Wildman–Crippen LogP) is 7.49. The molecule has 0 atom stereocenters. The van der Waals surface area contributed by atoms with Gasteiger partial charge < -0.3 is 14.5 Å². The standard InChI is InChI=1S/C28H27F3N2O5S/c1-5-37-26(34)38-25-24(17-7-6-8-19(15-17)28(29,30)31)22-16-20(11-14-23(22)32-25)33-39(35,36)21-12-9-18(10-13-21)27(2,3)4/h6-16,32-33H,5H2,1-4H3. The van der Waals surface area contributed by atoms with Gasteiger partial charge in [0.15, 0.2) is 0 Å². The van der Waals surface area contributed by atoms with Crippen molar-refractivity contribution in [3.63, 3.8) is 0 Å². The Morgan fingerprint density at radius 3 is 2.26 bits per heavy atom. The Hall–Kier alpha value is -3.99. The molecular weight excluding hydrogens is 533 g/mol. The topological polar surface area (TPSA) is 97.5 Å². The summed E-state index contributed by atoms with van der Waals surface area (Å²) < 4.78 is 79.1. The Kier molecular flexibility index (Phi) is 7.40. The monoisotopic (exact) mass is 560 g/mol. The Morgan fingerprint density at radius 2 is 1.64 bits per heavy atom. The SMILES string of the molecule is CCOC(=O)Oc1[nH]c2ccc(NS(=O)(=O)c3ccc(C(C)(C)C)cc3)cc2c1-c1cccc(C(F)(F)F)c1. The highest BCUT2D eigenvalue weighted by atomic mass is 32.2. The van der Waals surface area contributed by atoms with Crippen molar-refractivity contribution >= 4 is 32.8 Å². The fourth-order valence-electron chi connectivity index (χ4n) is 4.02. The van der Waals surface area contributed by atoms with Gasteiger partial charge in [0.25, 0.3) is 10.0 Å². The molecular formula is C28H27F3N2O5S. The number of aromatic amines is 1. The minimum absolute atomic E-state index is 0.0284. The van der Waals surface area contributed by atoms with Crippen molar-refractivity contribution in [3.05, 3.63) is 77.9 Å². The third-order valence-corrected chi connectivity index (χ3v) is 7.37. The van der Waals surface area contributed by atoms with Crippen molar-refractivity contribution in [3.8, 4) is 17.0 Å². The van der Waals surface area contributed by atoms with Gasteiger partial charge in [-0.15, -0.1) is 0 Å². The average Bonchev–Trinajstić information content (AvgIpc) is 3.20. The molecule has 0 amide bonds. The summed E-state index contributed by atoms with van der Waals surface area (Å²) in [6, 6.07) is 15.5. The number of sulfonamides is 1. The number of rotatable bonds is 6. The first-order valence-corrected chi connectivity index (χ1v) is 13.5. The van der Waals surface area contributed by atoms with E-state index in [1.807, 2.05) is 20.8 Å². The number of halogens is 3. The average molecular weight is 561 g/mol. The number of hydrogen-bond acceptors (Lipinski definition) is 5. The molecule has 1 aromatic heterocycles. The van der Waals surface area contributed by atoms with E-state index in [4.69, 9.17) is 9.47 Å². The zero-order valence-corrected chi connectivity index (χ0v) is 22.5. The van der Waals surface area contributed by atoms with E-state index >= 15 is 0 Å². The Morgan fingerprint density at radius 1 is 0.949 bits per heavy atom. The van der Waals surface area contributed by atoms with Crippen LogP contribution in [0.5, 0.6) is 5.88 Å². The van der Waals surface area contributed by atoms with Gasteiger partial charge in [-0.05, 0) is 65.9 Å². The quantitative estimate of drug-likeness (QED) is 0.238. The molecule has 4 rings (SSSR count). The molecule has 0 unspecified atom stereocenters. The van der Waals surface area contributed by atoms with Gasteiger partial charge >= 0.3 is 12.3 Å². The van der Waals surface area contributed by atoms with E-state index in [0.29, 0.717) is 10.9 Å². The Balaban J connectivity index is 1.78. The number of hydrogen-bond donors (Lipinski definition) is 2. The number of carbonyl (C=O) groups excluding carboxylic acids is 1. The second-order valence-electron chi connectivity index (χ2n) is 9.83. The smallest absolute Gasteiger partial charge is 0.434 e. The predicted molar refractivity (Wildman–Crippen MR) is 142 cm³/mol. The van der Waals surface area contributed by atoms with Crippen LogP contribution in [-0.2, 0) is 26.4 Å². The van der Waals surface area contributed by atoms with Crippen LogP contribution in [-0.4, -0.2) is 26.2 Å². The molecule has 3 aromatic carbocycles. The highest BCUT2D eigenvalue weighted by Gasteiger charge is 2.31. The molecule has 0 spiro atoms. The third-order valence-electron chi connectivity index (χ3n) is 5.97. The van der Waals surface area contributed by atoms with Crippen molar-refractivity contribution in [2.24, 2.45) is 0 Å². The lowest BCUT2D eigenvalue weighted by molar-refractivity contribution is -0.137. The molecule has 7 nitrogen and oxygen atoms in total. The van der Waals surface area contributed by atoms with Gasteiger partial charge in [0.2, 0.25) is 5.88 Å². The van der Waals surface area contributed by atoms with Crippen LogP contribution in [0, 0.1) is 0 Å². The van der Waals surface area contributed by atoms with E-state index in [1.165, 1.54) is 42.5 Å². The van der Waals surface area contributed by atoms with Gasteiger partial charge in [0.1, 0.15) is 0 Å². The molecule has 206 valence electrons. The summed E-state index contributed by atoms with van der Waals surface area (Å²) in [5.74, 6) is -0.138. The van der Waals surface area contributed by atoms with Crippen LogP contribution in [0.4, 0.5) is 23.7 Å². The number of alkyl halides is 3. The number of aromatic nitrogens is 1. The number of carbonyl (C=O) groups is 1. The molecule has 0 saturated carbocycles. The summed E-state index contributed by atoms with van der Waals surface area (Å²) in [6.45, 7) is 7.66. The molecule has 1 heterocycles. The van der Waals surface area contributed by atoms with Crippen LogP contribution in [0.15, 0.2) is 71.6 Å². The summed E-state index contributed by atoms with van der Waals surface area (Å²) in [7, 11) is -3.98. The highest BCUT2D eigenvalue weighted by Crippen LogP contribution is 2.41. The zero-order chi connectivity index (χ0) is 28.6. The van der Waals surface area contributed by atoms with Gasteiger partial charge in [-0.1, -0.05) is 45.0 Å². The summed E-state index contributed by atoms with van der Waals surface area (Å²) >= 11 is 0. The van der Waals surface area contributed by atoms with Crippen molar-refractivity contribution in [1.82, 2.24) is 4.98 Å². The van der Waals surface area contributed by atoms with Crippen LogP contribution >= 0.6 is 0 Å².